The molecule has 0 radical (unpaired) electrons. The SMILES string of the molecule is CC(F)(F)c1ccc(CNS(=O)(=O)c2ccc(F)cc2)nc1. The normalized spacial score (nSPS) is 12.4. The highest BCUT2D eigenvalue weighted by atomic mass is 32.2. The summed E-state index contributed by atoms with van der Waals surface area (Å²) in [4.78, 5) is 3.70. The lowest BCUT2D eigenvalue weighted by Gasteiger charge is -2.11. The quantitative estimate of drug-likeness (QED) is 0.917. The van der Waals surface area contributed by atoms with Crippen molar-refractivity contribution in [2.75, 3.05) is 0 Å². The Hall–Kier alpha value is -1.93. The van der Waals surface area contributed by atoms with E-state index in [9.17, 15) is 21.6 Å². The Balaban J connectivity index is 2.07. The molecule has 0 fully saturated rings. The molecule has 0 bridgehead atoms. The van der Waals surface area contributed by atoms with Crippen molar-refractivity contribution in [1.29, 1.82) is 0 Å². The van der Waals surface area contributed by atoms with Crippen LogP contribution >= 0.6 is 0 Å². The highest BCUT2D eigenvalue weighted by Gasteiger charge is 2.24. The molecule has 0 saturated heterocycles. The van der Waals surface area contributed by atoms with Gasteiger partial charge < -0.3 is 0 Å². The van der Waals surface area contributed by atoms with Gasteiger partial charge in [-0.15, -0.1) is 0 Å². The van der Waals surface area contributed by atoms with Crippen LogP contribution in [0.5, 0.6) is 0 Å². The first-order chi connectivity index (χ1) is 10.2. The van der Waals surface area contributed by atoms with Crippen LogP contribution in [0.2, 0.25) is 0 Å². The van der Waals surface area contributed by atoms with E-state index in [0.29, 0.717) is 5.69 Å². The van der Waals surface area contributed by atoms with Crippen molar-refractivity contribution < 1.29 is 21.6 Å². The Morgan fingerprint density at radius 2 is 1.77 bits per heavy atom. The number of hydrogen-bond acceptors (Lipinski definition) is 3. The Labute approximate surface area is 126 Å². The summed E-state index contributed by atoms with van der Waals surface area (Å²) < 4.78 is 65.0. The van der Waals surface area contributed by atoms with Crippen molar-refractivity contribution in [3.05, 3.63) is 59.7 Å². The van der Waals surface area contributed by atoms with Gasteiger partial charge in [-0.2, -0.15) is 0 Å². The Bertz CT molecular complexity index is 739. The molecule has 22 heavy (non-hydrogen) atoms. The summed E-state index contributed by atoms with van der Waals surface area (Å²) >= 11 is 0. The first-order valence-electron chi connectivity index (χ1n) is 6.27. The molecule has 0 aliphatic rings. The van der Waals surface area contributed by atoms with Crippen LogP contribution in [0, 0.1) is 5.82 Å². The zero-order chi connectivity index (χ0) is 16.4. The van der Waals surface area contributed by atoms with Crippen LogP contribution in [0.4, 0.5) is 13.2 Å². The van der Waals surface area contributed by atoms with Gasteiger partial charge in [0.1, 0.15) is 5.82 Å². The second kappa shape index (κ2) is 6.05. The molecule has 1 aromatic carbocycles. The summed E-state index contributed by atoms with van der Waals surface area (Å²) in [5, 5.41) is 0. The molecule has 0 aliphatic carbocycles. The van der Waals surface area contributed by atoms with Crippen LogP contribution in [-0.2, 0) is 22.5 Å². The van der Waals surface area contributed by atoms with Crippen molar-refractivity contribution >= 4 is 10.0 Å². The van der Waals surface area contributed by atoms with Crippen LogP contribution in [-0.4, -0.2) is 13.4 Å². The van der Waals surface area contributed by atoms with E-state index < -0.39 is 21.8 Å². The van der Waals surface area contributed by atoms with Crippen molar-refractivity contribution in [3.63, 3.8) is 0 Å². The molecule has 8 heteroatoms. The van der Waals surface area contributed by atoms with Crippen LogP contribution in [0.1, 0.15) is 18.2 Å². The fraction of sp³-hybridized carbons (Fsp3) is 0.214. The first-order valence-corrected chi connectivity index (χ1v) is 7.75. The van der Waals surface area contributed by atoms with Gasteiger partial charge in [0.05, 0.1) is 17.1 Å². The second-order valence-electron chi connectivity index (χ2n) is 4.71. The van der Waals surface area contributed by atoms with Gasteiger partial charge in [0.2, 0.25) is 10.0 Å². The van der Waals surface area contributed by atoms with E-state index in [2.05, 4.69) is 9.71 Å². The fourth-order valence-electron chi connectivity index (χ4n) is 1.65. The molecule has 4 nitrogen and oxygen atoms in total. The summed E-state index contributed by atoms with van der Waals surface area (Å²) in [7, 11) is -3.82. The monoisotopic (exact) mass is 330 g/mol. The molecule has 1 N–H and O–H groups in total. The molecule has 0 amide bonds. The summed E-state index contributed by atoms with van der Waals surface area (Å²) in [5.41, 5.74) is 0.0383. The van der Waals surface area contributed by atoms with Gasteiger partial charge in [0, 0.05) is 18.7 Å². The summed E-state index contributed by atoms with van der Waals surface area (Å²) in [5.74, 6) is -3.55. The second-order valence-corrected chi connectivity index (χ2v) is 6.47. The summed E-state index contributed by atoms with van der Waals surface area (Å²) in [6.45, 7) is 0.593. The topological polar surface area (TPSA) is 59.1 Å². The van der Waals surface area contributed by atoms with Gasteiger partial charge in [-0.3, -0.25) is 4.98 Å². The maximum atomic E-state index is 13.0. The molecule has 118 valence electrons. The number of halogens is 3. The van der Waals surface area contributed by atoms with E-state index in [4.69, 9.17) is 0 Å². The van der Waals surface area contributed by atoms with E-state index in [1.807, 2.05) is 0 Å². The minimum Gasteiger partial charge on any atom is -0.259 e. The van der Waals surface area contributed by atoms with Crippen LogP contribution in [0.15, 0.2) is 47.5 Å². The summed E-state index contributed by atoms with van der Waals surface area (Å²) in [6, 6.07) is 6.84. The number of nitrogens with one attached hydrogen (secondary N) is 1. The zero-order valence-corrected chi connectivity index (χ0v) is 12.4. The number of rotatable bonds is 5. The highest BCUT2D eigenvalue weighted by Crippen LogP contribution is 2.25. The molecule has 2 aromatic rings. The van der Waals surface area contributed by atoms with E-state index in [1.165, 1.54) is 12.1 Å². The number of nitrogens with zero attached hydrogens (tertiary/aromatic N) is 1. The van der Waals surface area contributed by atoms with Crippen LogP contribution in [0.3, 0.4) is 0 Å². The predicted octanol–water partition coefficient (Wildman–Crippen LogP) is 2.81. The Kier molecular flexibility index (Phi) is 4.52. The van der Waals surface area contributed by atoms with Gasteiger partial charge in [-0.25, -0.2) is 26.3 Å². The van der Waals surface area contributed by atoms with Crippen molar-refractivity contribution in [3.8, 4) is 0 Å². The highest BCUT2D eigenvalue weighted by molar-refractivity contribution is 7.89. The van der Waals surface area contributed by atoms with Crippen molar-refractivity contribution in [2.24, 2.45) is 0 Å². The maximum absolute atomic E-state index is 13.0. The largest absolute Gasteiger partial charge is 0.272 e. The molecular weight excluding hydrogens is 317 g/mol. The van der Waals surface area contributed by atoms with Crippen LogP contribution < -0.4 is 4.72 Å². The minimum absolute atomic E-state index is 0.0920. The molecule has 0 spiro atoms. The lowest BCUT2D eigenvalue weighted by atomic mass is 10.1. The van der Waals surface area contributed by atoms with Gasteiger partial charge in [0.15, 0.2) is 0 Å². The standard InChI is InChI=1S/C14H13F3N2O2S/c1-14(16,17)10-2-5-12(18-8-10)9-19-22(20,21)13-6-3-11(15)4-7-13/h2-8,19H,9H2,1H3. The maximum Gasteiger partial charge on any atom is 0.272 e. The smallest absolute Gasteiger partial charge is 0.259 e. The summed E-state index contributed by atoms with van der Waals surface area (Å²) in [6.07, 6.45) is 1.00. The third-order valence-electron chi connectivity index (χ3n) is 2.90. The van der Waals surface area contributed by atoms with Gasteiger partial charge >= 0.3 is 0 Å². The third kappa shape index (κ3) is 4.05. The van der Waals surface area contributed by atoms with E-state index in [-0.39, 0.29) is 17.0 Å². The molecule has 1 heterocycles. The molecule has 0 saturated carbocycles. The molecule has 2 rings (SSSR count). The van der Waals surface area contributed by atoms with E-state index in [0.717, 1.165) is 37.4 Å². The molecule has 0 aliphatic heterocycles. The number of alkyl halides is 2. The molecule has 0 unspecified atom stereocenters. The average Bonchev–Trinajstić information content (AvgIpc) is 2.45. The van der Waals surface area contributed by atoms with Crippen LogP contribution in [0.25, 0.3) is 0 Å². The van der Waals surface area contributed by atoms with Gasteiger partial charge in [0.25, 0.3) is 5.92 Å². The predicted molar refractivity (Wildman–Crippen MR) is 74.2 cm³/mol. The van der Waals surface area contributed by atoms with E-state index in [1.54, 1.807) is 0 Å². The van der Waals surface area contributed by atoms with Crippen molar-refractivity contribution in [2.45, 2.75) is 24.3 Å². The first kappa shape index (κ1) is 16.4. The van der Waals surface area contributed by atoms with Gasteiger partial charge in [-0.1, -0.05) is 0 Å². The Morgan fingerprint density at radius 1 is 1.14 bits per heavy atom. The number of benzene rings is 1. The molecule has 0 atom stereocenters. The molecule has 1 aromatic heterocycles. The number of hydrogen-bond donors (Lipinski definition) is 1. The Morgan fingerprint density at radius 3 is 2.27 bits per heavy atom. The number of sulfonamides is 1. The van der Waals surface area contributed by atoms with Crippen molar-refractivity contribution in [1.82, 2.24) is 9.71 Å². The number of pyridine rings is 1. The lowest BCUT2D eigenvalue weighted by Crippen LogP contribution is -2.23. The lowest BCUT2D eigenvalue weighted by molar-refractivity contribution is 0.0171. The minimum atomic E-state index is -3.82. The fourth-order valence-corrected chi connectivity index (χ4v) is 2.65. The zero-order valence-electron chi connectivity index (χ0n) is 11.6. The third-order valence-corrected chi connectivity index (χ3v) is 4.32. The number of aromatic nitrogens is 1. The van der Waals surface area contributed by atoms with Gasteiger partial charge in [-0.05, 0) is 36.4 Å². The van der Waals surface area contributed by atoms with E-state index >= 15 is 0 Å². The average molecular weight is 330 g/mol. The molecular formula is C14H13F3N2O2S.